The van der Waals surface area contributed by atoms with Gasteiger partial charge in [0.15, 0.2) is 0 Å². The first-order chi connectivity index (χ1) is 10.1. The summed E-state index contributed by atoms with van der Waals surface area (Å²) < 4.78 is 28.9. The van der Waals surface area contributed by atoms with Crippen molar-refractivity contribution in [1.82, 2.24) is 14.3 Å². The monoisotopic (exact) mass is 315 g/mol. The summed E-state index contributed by atoms with van der Waals surface area (Å²) in [5.41, 5.74) is 0. The lowest BCUT2D eigenvalue weighted by molar-refractivity contribution is 0.264. The lowest BCUT2D eigenvalue weighted by Crippen LogP contribution is -2.46. The molecule has 2 N–H and O–H groups in total. The average molecular weight is 315 g/mol. The van der Waals surface area contributed by atoms with E-state index in [2.05, 4.69) is 10.0 Å². The van der Waals surface area contributed by atoms with Gasteiger partial charge in [-0.15, -0.1) is 0 Å². The second-order valence-electron chi connectivity index (χ2n) is 7.01. The Morgan fingerprint density at radius 2 is 1.67 bits per heavy atom. The lowest BCUT2D eigenvalue weighted by Gasteiger charge is -2.31. The molecule has 1 aliphatic heterocycles. The largest absolute Gasteiger partial charge is 0.314 e. The van der Waals surface area contributed by atoms with Gasteiger partial charge in [-0.25, -0.2) is 4.72 Å². The minimum absolute atomic E-state index is 0.599. The molecule has 3 aliphatic rings. The fraction of sp³-hybridized carbons (Fsp3) is 1.00. The molecule has 122 valence electrons. The van der Waals surface area contributed by atoms with Crippen molar-refractivity contribution in [2.75, 3.05) is 26.2 Å². The summed E-state index contributed by atoms with van der Waals surface area (Å²) in [5.74, 6) is 1.52. The Balaban J connectivity index is 1.33. The Morgan fingerprint density at radius 1 is 0.952 bits per heavy atom. The van der Waals surface area contributed by atoms with Gasteiger partial charge >= 0.3 is 0 Å². The Hall–Kier alpha value is -0.170. The van der Waals surface area contributed by atoms with Gasteiger partial charge in [-0.1, -0.05) is 12.8 Å². The maximum absolute atomic E-state index is 12.2. The predicted molar refractivity (Wildman–Crippen MR) is 84.2 cm³/mol. The first kappa shape index (κ1) is 15.7. The molecule has 2 aliphatic carbocycles. The van der Waals surface area contributed by atoms with Crippen LogP contribution in [-0.2, 0) is 10.2 Å². The molecule has 0 amide bonds. The normalized spacial score (nSPS) is 25.3. The third-order valence-electron chi connectivity index (χ3n) is 4.96. The van der Waals surface area contributed by atoms with Crippen LogP contribution in [0.5, 0.6) is 0 Å². The van der Waals surface area contributed by atoms with E-state index in [9.17, 15) is 8.42 Å². The van der Waals surface area contributed by atoms with Crippen molar-refractivity contribution in [2.45, 2.75) is 57.4 Å². The van der Waals surface area contributed by atoms with Crippen molar-refractivity contribution in [3.8, 4) is 0 Å². The van der Waals surface area contributed by atoms with Crippen molar-refractivity contribution in [1.29, 1.82) is 0 Å². The van der Waals surface area contributed by atoms with Crippen molar-refractivity contribution in [2.24, 2.45) is 11.8 Å². The van der Waals surface area contributed by atoms with Crippen molar-refractivity contribution in [3.05, 3.63) is 0 Å². The Morgan fingerprint density at radius 3 is 2.29 bits per heavy atom. The summed E-state index contributed by atoms with van der Waals surface area (Å²) in [6, 6.07) is 0.750. The van der Waals surface area contributed by atoms with Gasteiger partial charge in [0.1, 0.15) is 0 Å². The molecule has 3 rings (SSSR count). The molecule has 1 saturated heterocycles. The smallest absolute Gasteiger partial charge is 0.279 e. The summed E-state index contributed by atoms with van der Waals surface area (Å²) in [6.45, 7) is 3.01. The van der Waals surface area contributed by atoms with Crippen molar-refractivity contribution < 1.29 is 8.42 Å². The number of nitrogens with zero attached hydrogens (tertiary/aromatic N) is 1. The van der Waals surface area contributed by atoms with Crippen molar-refractivity contribution >= 4 is 10.2 Å². The second kappa shape index (κ2) is 6.94. The quantitative estimate of drug-likeness (QED) is 0.634. The fourth-order valence-electron chi connectivity index (χ4n) is 3.06. The van der Waals surface area contributed by atoms with Gasteiger partial charge in [0.25, 0.3) is 10.2 Å². The van der Waals surface area contributed by atoms with Gasteiger partial charge in [-0.3, -0.25) is 0 Å². The summed E-state index contributed by atoms with van der Waals surface area (Å²) in [7, 11) is -3.24. The summed E-state index contributed by atoms with van der Waals surface area (Å²) in [4.78, 5) is 0. The third-order valence-corrected chi connectivity index (χ3v) is 6.57. The van der Waals surface area contributed by atoms with Crippen LogP contribution in [0.1, 0.15) is 51.4 Å². The predicted octanol–water partition coefficient (Wildman–Crippen LogP) is 1.47. The highest BCUT2D eigenvalue weighted by Crippen LogP contribution is 2.33. The molecule has 5 nitrogen and oxygen atoms in total. The average Bonchev–Trinajstić information content (AvgIpc) is 3.37. The van der Waals surface area contributed by atoms with Crippen LogP contribution in [0, 0.1) is 11.8 Å². The van der Waals surface area contributed by atoms with E-state index in [0.29, 0.717) is 25.6 Å². The lowest BCUT2D eigenvalue weighted by atomic mass is 9.98. The molecule has 2 saturated carbocycles. The minimum atomic E-state index is -3.24. The molecular formula is C15H29N3O2S. The second-order valence-corrected chi connectivity index (χ2v) is 8.77. The molecule has 0 radical (unpaired) electrons. The van der Waals surface area contributed by atoms with Crippen molar-refractivity contribution in [3.63, 3.8) is 0 Å². The van der Waals surface area contributed by atoms with Gasteiger partial charge in [0.05, 0.1) is 0 Å². The topological polar surface area (TPSA) is 61.4 Å². The number of rotatable bonds is 9. The Bertz CT molecular complexity index is 424. The van der Waals surface area contributed by atoms with E-state index in [1.165, 1.54) is 32.1 Å². The molecule has 1 heterocycles. The third kappa shape index (κ3) is 5.20. The molecule has 0 aromatic heterocycles. The van der Waals surface area contributed by atoms with E-state index in [-0.39, 0.29) is 0 Å². The number of hydrogen-bond donors (Lipinski definition) is 2. The van der Waals surface area contributed by atoms with Crippen LogP contribution >= 0.6 is 0 Å². The van der Waals surface area contributed by atoms with Crippen LogP contribution in [0.15, 0.2) is 0 Å². The molecule has 0 aromatic rings. The van der Waals surface area contributed by atoms with E-state index in [1.807, 2.05) is 0 Å². The number of piperidine rings is 1. The minimum Gasteiger partial charge on any atom is -0.314 e. The zero-order valence-corrected chi connectivity index (χ0v) is 13.7. The fourth-order valence-corrected chi connectivity index (χ4v) is 4.34. The molecule has 3 fully saturated rings. The molecule has 21 heavy (non-hydrogen) atoms. The van der Waals surface area contributed by atoms with Gasteiger partial charge in [-0.2, -0.15) is 12.7 Å². The van der Waals surface area contributed by atoms with Gasteiger partial charge in [0, 0.05) is 25.7 Å². The van der Waals surface area contributed by atoms with Gasteiger partial charge in [-0.05, 0) is 56.9 Å². The maximum atomic E-state index is 12.2. The number of hydrogen-bond acceptors (Lipinski definition) is 3. The van der Waals surface area contributed by atoms with Crippen LogP contribution in [0.4, 0.5) is 0 Å². The van der Waals surface area contributed by atoms with Crippen LogP contribution in [0.25, 0.3) is 0 Å². The summed E-state index contributed by atoms with van der Waals surface area (Å²) in [5, 5.41) is 3.55. The Labute approximate surface area is 129 Å². The van der Waals surface area contributed by atoms with Crippen LogP contribution < -0.4 is 10.0 Å². The molecule has 0 atom stereocenters. The SMILES string of the molecule is O=S(=O)(NCCCC1CC1)N1CCC(CNC2CC2)CC1. The van der Waals surface area contributed by atoms with E-state index in [0.717, 1.165) is 37.8 Å². The van der Waals surface area contributed by atoms with E-state index < -0.39 is 10.2 Å². The standard InChI is InChI=1S/C15H29N3O2S/c19-21(20,17-9-1-2-13-3-4-13)18-10-7-14(8-11-18)12-16-15-5-6-15/h13-17H,1-12H2. The van der Waals surface area contributed by atoms with E-state index in [1.54, 1.807) is 4.31 Å². The zero-order chi connectivity index (χ0) is 14.7. The van der Waals surface area contributed by atoms with Crippen LogP contribution in [0.3, 0.4) is 0 Å². The highest BCUT2D eigenvalue weighted by atomic mass is 32.2. The first-order valence-electron chi connectivity index (χ1n) is 8.61. The molecular weight excluding hydrogens is 286 g/mol. The van der Waals surface area contributed by atoms with Crippen LogP contribution in [0.2, 0.25) is 0 Å². The van der Waals surface area contributed by atoms with E-state index >= 15 is 0 Å². The molecule has 6 heteroatoms. The first-order valence-corrected chi connectivity index (χ1v) is 10.1. The van der Waals surface area contributed by atoms with Crippen LogP contribution in [-0.4, -0.2) is 44.9 Å². The zero-order valence-electron chi connectivity index (χ0n) is 12.9. The number of nitrogens with one attached hydrogen (secondary N) is 2. The summed E-state index contributed by atoms with van der Waals surface area (Å²) in [6.07, 6.45) is 9.45. The Kier molecular flexibility index (Phi) is 5.19. The highest BCUT2D eigenvalue weighted by molar-refractivity contribution is 7.87. The molecule has 0 unspecified atom stereocenters. The summed E-state index contributed by atoms with van der Waals surface area (Å²) >= 11 is 0. The van der Waals surface area contributed by atoms with Gasteiger partial charge in [0.2, 0.25) is 0 Å². The molecule has 0 bridgehead atoms. The maximum Gasteiger partial charge on any atom is 0.279 e. The molecule has 0 spiro atoms. The highest BCUT2D eigenvalue weighted by Gasteiger charge is 2.29. The van der Waals surface area contributed by atoms with E-state index in [4.69, 9.17) is 0 Å². The molecule has 0 aromatic carbocycles. The van der Waals surface area contributed by atoms with Gasteiger partial charge < -0.3 is 5.32 Å².